The van der Waals surface area contributed by atoms with Crippen LogP contribution < -0.4 is 5.69 Å². The van der Waals surface area contributed by atoms with Crippen LogP contribution in [-0.4, -0.2) is 57.4 Å². The number of amides is 1. The fourth-order valence-corrected chi connectivity index (χ4v) is 4.54. The van der Waals surface area contributed by atoms with E-state index < -0.39 is 0 Å². The quantitative estimate of drug-likeness (QED) is 0.566. The number of thioether (sulfide) groups is 1. The summed E-state index contributed by atoms with van der Waals surface area (Å²) in [5.74, 6) is 0.387. The second kappa shape index (κ2) is 8.22. The standard InChI is InChI=1S/C19H22N4O3S/c24-17(22-8-10-26-11-9-22)13-27-18-15-5-3-6-16(15)23(19(25)21-18)12-14-4-1-2-7-20-14/h1-2,4,7H,3,5-6,8-13H2. The van der Waals surface area contributed by atoms with Crippen molar-refractivity contribution in [3.8, 4) is 0 Å². The Morgan fingerprint density at radius 3 is 2.85 bits per heavy atom. The molecule has 1 amide bonds. The molecule has 8 heteroatoms. The summed E-state index contributed by atoms with van der Waals surface area (Å²) in [6, 6.07) is 5.69. The van der Waals surface area contributed by atoms with E-state index in [1.54, 1.807) is 10.8 Å². The molecular formula is C19H22N4O3S. The van der Waals surface area contributed by atoms with Crippen LogP contribution in [0.2, 0.25) is 0 Å². The Labute approximate surface area is 161 Å². The van der Waals surface area contributed by atoms with Crippen molar-refractivity contribution in [2.24, 2.45) is 0 Å². The van der Waals surface area contributed by atoms with Crippen LogP contribution in [0, 0.1) is 0 Å². The summed E-state index contributed by atoms with van der Waals surface area (Å²) in [6.45, 7) is 2.89. The number of fused-ring (bicyclic) bond motifs is 1. The summed E-state index contributed by atoms with van der Waals surface area (Å²) in [5.41, 5.74) is 2.74. The SMILES string of the molecule is O=C(CSc1nc(=O)n(Cc2ccccn2)c2c1CCC2)N1CCOCC1. The van der Waals surface area contributed by atoms with Gasteiger partial charge in [-0.2, -0.15) is 4.98 Å². The minimum atomic E-state index is -0.261. The Morgan fingerprint density at radius 1 is 1.22 bits per heavy atom. The van der Waals surface area contributed by atoms with Gasteiger partial charge in [-0.3, -0.25) is 14.3 Å². The summed E-state index contributed by atoms with van der Waals surface area (Å²) in [5, 5.41) is 0.714. The fraction of sp³-hybridized carbons (Fsp3) is 0.474. The van der Waals surface area contributed by atoms with Gasteiger partial charge >= 0.3 is 5.69 Å². The van der Waals surface area contributed by atoms with Gasteiger partial charge in [0, 0.05) is 30.5 Å². The monoisotopic (exact) mass is 386 g/mol. The molecule has 7 nitrogen and oxygen atoms in total. The maximum atomic E-state index is 12.6. The number of pyridine rings is 1. The van der Waals surface area contributed by atoms with Gasteiger partial charge < -0.3 is 9.64 Å². The van der Waals surface area contributed by atoms with Crippen molar-refractivity contribution in [1.29, 1.82) is 0 Å². The number of rotatable bonds is 5. The Bertz CT molecular complexity index is 879. The molecule has 1 fully saturated rings. The normalized spacial score (nSPS) is 16.4. The van der Waals surface area contributed by atoms with Crippen molar-refractivity contribution in [2.75, 3.05) is 32.1 Å². The first-order valence-corrected chi connectivity index (χ1v) is 10.2. The Hall–Kier alpha value is -2.19. The van der Waals surface area contributed by atoms with E-state index in [-0.39, 0.29) is 11.6 Å². The highest BCUT2D eigenvalue weighted by molar-refractivity contribution is 7.99. The molecule has 4 rings (SSSR count). The summed E-state index contributed by atoms with van der Waals surface area (Å²) < 4.78 is 7.02. The molecule has 3 heterocycles. The van der Waals surface area contributed by atoms with Crippen molar-refractivity contribution >= 4 is 17.7 Å². The number of hydrogen-bond donors (Lipinski definition) is 0. The van der Waals surface area contributed by atoms with Crippen molar-refractivity contribution in [3.05, 3.63) is 51.8 Å². The van der Waals surface area contributed by atoms with Crippen LogP contribution in [0.4, 0.5) is 0 Å². The van der Waals surface area contributed by atoms with Crippen LogP contribution in [-0.2, 0) is 28.9 Å². The predicted molar refractivity (Wildman–Crippen MR) is 102 cm³/mol. The zero-order chi connectivity index (χ0) is 18.6. The highest BCUT2D eigenvalue weighted by Crippen LogP contribution is 2.29. The molecule has 0 radical (unpaired) electrons. The van der Waals surface area contributed by atoms with Crippen LogP contribution >= 0.6 is 11.8 Å². The zero-order valence-corrected chi connectivity index (χ0v) is 15.9. The van der Waals surface area contributed by atoms with Gasteiger partial charge in [0.05, 0.1) is 31.2 Å². The summed E-state index contributed by atoms with van der Waals surface area (Å²) in [4.78, 5) is 35.5. The zero-order valence-electron chi connectivity index (χ0n) is 15.1. The topological polar surface area (TPSA) is 77.3 Å². The second-order valence-electron chi connectivity index (χ2n) is 6.67. The third-order valence-electron chi connectivity index (χ3n) is 4.94. The third kappa shape index (κ3) is 4.06. The number of hydrogen-bond acceptors (Lipinski definition) is 6. The van der Waals surface area contributed by atoms with E-state index in [0.29, 0.717) is 43.6 Å². The van der Waals surface area contributed by atoms with Crippen LogP contribution in [0.5, 0.6) is 0 Å². The number of nitrogens with zero attached hydrogens (tertiary/aromatic N) is 4. The first-order chi connectivity index (χ1) is 13.2. The van der Waals surface area contributed by atoms with Gasteiger partial charge in [-0.1, -0.05) is 17.8 Å². The van der Waals surface area contributed by atoms with Gasteiger partial charge in [-0.15, -0.1) is 0 Å². The van der Waals surface area contributed by atoms with E-state index in [1.807, 2.05) is 23.1 Å². The van der Waals surface area contributed by atoms with E-state index >= 15 is 0 Å². The lowest BCUT2D eigenvalue weighted by Gasteiger charge is -2.26. The molecule has 0 saturated carbocycles. The molecule has 0 N–H and O–H groups in total. The molecule has 1 aliphatic heterocycles. The number of ether oxygens (including phenoxy) is 1. The molecule has 2 aromatic heterocycles. The molecule has 1 saturated heterocycles. The lowest BCUT2D eigenvalue weighted by atomic mass is 10.2. The van der Waals surface area contributed by atoms with E-state index in [1.165, 1.54) is 11.8 Å². The maximum absolute atomic E-state index is 12.6. The van der Waals surface area contributed by atoms with Crippen LogP contribution in [0.3, 0.4) is 0 Å². The molecule has 1 aliphatic carbocycles. The van der Waals surface area contributed by atoms with Crippen LogP contribution in [0.25, 0.3) is 0 Å². The Kier molecular flexibility index (Phi) is 5.54. The maximum Gasteiger partial charge on any atom is 0.349 e. The predicted octanol–water partition coefficient (Wildman–Crippen LogP) is 1.13. The average Bonchev–Trinajstić information content (AvgIpc) is 3.20. The van der Waals surface area contributed by atoms with E-state index in [4.69, 9.17) is 4.74 Å². The van der Waals surface area contributed by atoms with Crippen molar-refractivity contribution in [3.63, 3.8) is 0 Å². The van der Waals surface area contributed by atoms with Gasteiger partial charge in [0.15, 0.2) is 0 Å². The lowest BCUT2D eigenvalue weighted by molar-refractivity contribution is -0.132. The smallest absolute Gasteiger partial charge is 0.349 e. The molecule has 0 spiro atoms. The summed E-state index contributed by atoms with van der Waals surface area (Å²) >= 11 is 1.38. The minimum Gasteiger partial charge on any atom is -0.378 e. The number of aromatic nitrogens is 3. The molecular weight excluding hydrogens is 364 g/mol. The number of carbonyl (C=O) groups excluding carboxylic acids is 1. The largest absolute Gasteiger partial charge is 0.378 e. The van der Waals surface area contributed by atoms with Crippen molar-refractivity contribution in [2.45, 2.75) is 30.8 Å². The third-order valence-corrected chi connectivity index (χ3v) is 5.95. The Balaban J connectivity index is 1.52. The molecule has 0 bridgehead atoms. The first-order valence-electron chi connectivity index (χ1n) is 9.23. The molecule has 142 valence electrons. The summed E-state index contributed by atoms with van der Waals surface area (Å²) in [6.07, 6.45) is 4.51. The van der Waals surface area contributed by atoms with Gasteiger partial charge in [0.2, 0.25) is 5.91 Å². The van der Waals surface area contributed by atoms with Gasteiger partial charge in [-0.05, 0) is 31.4 Å². The molecule has 27 heavy (non-hydrogen) atoms. The number of carbonyl (C=O) groups is 1. The van der Waals surface area contributed by atoms with Crippen LogP contribution in [0.1, 0.15) is 23.4 Å². The summed E-state index contributed by atoms with van der Waals surface area (Å²) in [7, 11) is 0. The molecule has 0 unspecified atom stereocenters. The van der Waals surface area contributed by atoms with Crippen molar-refractivity contribution in [1.82, 2.24) is 19.4 Å². The van der Waals surface area contributed by atoms with E-state index in [2.05, 4.69) is 9.97 Å². The Morgan fingerprint density at radius 2 is 2.07 bits per heavy atom. The number of morpholine rings is 1. The van der Waals surface area contributed by atoms with Gasteiger partial charge in [0.1, 0.15) is 5.03 Å². The second-order valence-corrected chi connectivity index (χ2v) is 7.63. The van der Waals surface area contributed by atoms with E-state index in [9.17, 15) is 9.59 Å². The highest BCUT2D eigenvalue weighted by Gasteiger charge is 2.24. The fourth-order valence-electron chi connectivity index (χ4n) is 3.56. The highest BCUT2D eigenvalue weighted by atomic mass is 32.2. The molecule has 0 atom stereocenters. The molecule has 2 aliphatic rings. The average molecular weight is 386 g/mol. The van der Waals surface area contributed by atoms with E-state index in [0.717, 1.165) is 36.2 Å². The first kappa shape index (κ1) is 18.2. The molecule has 0 aromatic carbocycles. The van der Waals surface area contributed by atoms with Crippen molar-refractivity contribution < 1.29 is 9.53 Å². The van der Waals surface area contributed by atoms with Gasteiger partial charge in [-0.25, -0.2) is 4.79 Å². The minimum absolute atomic E-state index is 0.0783. The van der Waals surface area contributed by atoms with Crippen LogP contribution in [0.15, 0.2) is 34.2 Å². The molecule has 2 aromatic rings. The lowest BCUT2D eigenvalue weighted by Crippen LogP contribution is -2.41. The van der Waals surface area contributed by atoms with Gasteiger partial charge in [0.25, 0.3) is 0 Å².